The van der Waals surface area contributed by atoms with Gasteiger partial charge in [-0.1, -0.05) is 18.2 Å². The summed E-state index contributed by atoms with van der Waals surface area (Å²) in [4.78, 5) is 13.0. The van der Waals surface area contributed by atoms with Gasteiger partial charge in [-0.2, -0.15) is 0 Å². The fourth-order valence-corrected chi connectivity index (χ4v) is 1.81. The number of hydrogen-bond donors (Lipinski definition) is 1. The highest BCUT2D eigenvalue weighted by Crippen LogP contribution is 2.35. The number of benzene rings is 1. The van der Waals surface area contributed by atoms with Crippen molar-refractivity contribution < 1.29 is 9.90 Å². The molecule has 1 N–H and O–H groups in total. The predicted octanol–water partition coefficient (Wildman–Crippen LogP) is 0.941. The second-order valence-electron chi connectivity index (χ2n) is 3.46. The van der Waals surface area contributed by atoms with Crippen LogP contribution in [0.4, 0.5) is 0 Å². The van der Waals surface area contributed by atoms with Gasteiger partial charge in [-0.15, -0.1) is 5.92 Å². The van der Waals surface area contributed by atoms with Crippen LogP contribution in [0.15, 0.2) is 24.3 Å². The third-order valence-electron chi connectivity index (χ3n) is 2.62. The molecule has 0 fully saturated rings. The van der Waals surface area contributed by atoms with E-state index in [0.717, 1.165) is 0 Å². The van der Waals surface area contributed by atoms with E-state index in [1.165, 1.54) is 4.90 Å². The maximum absolute atomic E-state index is 11.8. The van der Waals surface area contributed by atoms with E-state index in [-0.39, 0.29) is 5.91 Å². The lowest BCUT2D eigenvalue weighted by molar-refractivity contribution is -0.0223. The zero-order valence-corrected chi connectivity index (χ0v) is 8.61. The van der Waals surface area contributed by atoms with Gasteiger partial charge in [0.1, 0.15) is 0 Å². The molecule has 1 aliphatic rings. The van der Waals surface area contributed by atoms with Gasteiger partial charge >= 0.3 is 0 Å². The Labute approximate surface area is 88.3 Å². The van der Waals surface area contributed by atoms with Crippen LogP contribution in [0.2, 0.25) is 0 Å². The van der Waals surface area contributed by atoms with E-state index in [2.05, 4.69) is 11.8 Å². The average molecular weight is 201 g/mol. The van der Waals surface area contributed by atoms with Crippen LogP contribution in [0.25, 0.3) is 0 Å². The Morgan fingerprint density at radius 3 is 2.73 bits per heavy atom. The maximum atomic E-state index is 11.8. The van der Waals surface area contributed by atoms with Gasteiger partial charge in [-0.05, 0) is 18.9 Å². The molecule has 1 amide bonds. The molecule has 76 valence electrons. The molecule has 0 radical (unpaired) electrons. The molecule has 2 rings (SSSR count). The fraction of sp³-hybridized carbons (Fsp3) is 0.250. The standard InChI is InChI=1S/C12H11NO2/c1-3-8-12(15)10-7-5-4-6-9(10)11(14)13(12)2/h4-7,15H,1-2H3/t12-/m1/s1. The van der Waals surface area contributed by atoms with E-state index in [1.54, 1.807) is 38.2 Å². The highest BCUT2D eigenvalue weighted by Gasteiger charge is 2.45. The zero-order chi connectivity index (χ0) is 11.1. The molecule has 1 atom stereocenters. The van der Waals surface area contributed by atoms with Crippen LogP contribution < -0.4 is 0 Å². The third kappa shape index (κ3) is 1.15. The normalized spacial score (nSPS) is 23.4. The topological polar surface area (TPSA) is 40.5 Å². The van der Waals surface area contributed by atoms with Gasteiger partial charge in [0.2, 0.25) is 5.72 Å². The quantitative estimate of drug-likeness (QED) is 0.635. The minimum atomic E-state index is -1.47. The first-order valence-corrected chi connectivity index (χ1v) is 4.65. The number of carbonyl (C=O) groups is 1. The second kappa shape index (κ2) is 3.11. The van der Waals surface area contributed by atoms with Gasteiger partial charge in [0.05, 0.1) is 0 Å². The summed E-state index contributed by atoms with van der Waals surface area (Å²) in [5.41, 5.74) is -0.389. The first-order valence-electron chi connectivity index (χ1n) is 4.65. The van der Waals surface area contributed by atoms with Gasteiger partial charge in [-0.25, -0.2) is 0 Å². The van der Waals surface area contributed by atoms with Crippen molar-refractivity contribution in [1.82, 2.24) is 4.90 Å². The van der Waals surface area contributed by atoms with Crippen molar-refractivity contribution in [2.24, 2.45) is 0 Å². The van der Waals surface area contributed by atoms with Gasteiger partial charge in [0.15, 0.2) is 0 Å². The lowest BCUT2D eigenvalue weighted by atomic mass is 10.0. The van der Waals surface area contributed by atoms with Crippen molar-refractivity contribution in [3.05, 3.63) is 35.4 Å². The molecule has 0 aliphatic carbocycles. The molecule has 15 heavy (non-hydrogen) atoms. The Balaban J connectivity index is 2.69. The van der Waals surface area contributed by atoms with Gasteiger partial charge in [0.25, 0.3) is 5.91 Å². The summed E-state index contributed by atoms with van der Waals surface area (Å²) in [6.45, 7) is 1.64. The Morgan fingerprint density at radius 1 is 1.40 bits per heavy atom. The molecule has 1 aromatic carbocycles. The van der Waals surface area contributed by atoms with Crippen LogP contribution >= 0.6 is 0 Å². The molecule has 0 saturated carbocycles. The maximum Gasteiger partial charge on any atom is 0.257 e. The molecule has 1 aliphatic heterocycles. The summed E-state index contributed by atoms with van der Waals surface area (Å²) in [5, 5.41) is 10.3. The van der Waals surface area contributed by atoms with Crippen molar-refractivity contribution >= 4 is 5.91 Å². The molecule has 0 unspecified atom stereocenters. The molecule has 0 saturated heterocycles. The summed E-state index contributed by atoms with van der Waals surface area (Å²) >= 11 is 0. The summed E-state index contributed by atoms with van der Waals surface area (Å²) in [7, 11) is 1.55. The number of amides is 1. The van der Waals surface area contributed by atoms with E-state index in [9.17, 15) is 9.90 Å². The van der Waals surface area contributed by atoms with Crippen LogP contribution in [0.3, 0.4) is 0 Å². The highest BCUT2D eigenvalue weighted by molar-refractivity contribution is 6.00. The Kier molecular flexibility index (Phi) is 2.02. The number of aliphatic hydroxyl groups is 1. The Morgan fingerprint density at radius 2 is 2.07 bits per heavy atom. The number of carbonyl (C=O) groups excluding carboxylic acids is 1. The smallest absolute Gasteiger partial charge is 0.257 e. The molecule has 3 heteroatoms. The fourth-order valence-electron chi connectivity index (χ4n) is 1.81. The van der Waals surface area contributed by atoms with Gasteiger partial charge in [0, 0.05) is 18.2 Å². The molecular formula is C12H11NO2. The van der Waals surface area contributed by atoms with Crippen molar-refractivity contribution in [3.63, 3.8) is 0 Å². The Bertz CT molecular complexity index is 484. The van der Waals surface area contributed by atoms with Crippen LogP contribution in [0, 0.1) is 11.8 Å². The third-order valence-corrected chi connectivity index (χ3v) is 2.62. The average Bonchev–Trinajstić information content (AvgIpc) is 2.43. The largest absolute Gasteiger partial charge is 0.357 e. The van der Waals surface area contributed by atoms with Crippen molar-refractivity contribution in [2.45, 2.75) is 12.6 Å². The first-order chi connectivity index (χ1) is 7.11. The highest BCUT2D eigenvalue weighted by atomic mass is 16.3. The molecular weight excluding hydrogens is 190 g/mol. The van der Waals surface area contributed by atoms with Gasteiger partial charge in [-0.3, -0.25) is 9.69 Å². The lowest BCUT2D eigenvalue weighted by Crippen LogP contribution is -2.39. The molecule has 0 spiro atoms. The zero-order valence-electron chi connectivity index (χ0n) is 8.61. The van der Waals surface area contributed by atoms with Crippen LogP contribution in [0.1, 0.15) is 22.8 Å². The number of fused-ring (bicyclic) bond motifs is 1. The monoisotopic (exact) mass is 201 g/mol. The van der Waals surface area contributed by atoms with E-state index in [4.69, 9.17) is 0 Å². The second-order valence-corrected chi connectivity index (χ2v) is 3.46. The van der Waals surface area contributed by atoms with Crippen LogP contribution in [0.5, 0.6) is 0 Å². The lowest BCUT2D eigenvalue weighted by Gasteiger charge is -2.25. The number of rotatable bonds is 0. The number of hydrogen-bond acceptors (Lipinski definition) is 2. The van der Waals surface area contributed by atoms with E-state index in [1.807, 2.05) is 0 Å². The molecule has 1 heterocycles. The summed E-state index contributed by atoms with van der Waals surface area (Å²) in [6, 6.07) is 6.98. The van der Waals surface area contributed by atoms with E-state index >= 15 is 0 Å². The van der Waals surface area contributed by atoms with E-state index < -0.39 is 5.72 Å². The van der Waals surface area contributed by atoms with E-state index in [0.29, 0.717) is 11.1 Å². The predicted molar refractivity (Wildman–Crippen MR) is 55.9 cm³/mol. The molecule has 0 aromatic heterocycles. The SMILES string of the molecule is CC#C[C@@]1(O)c2ccccc2C(=O)N1C. The van der Waals surface area contributed by atoms with Crippen molar-refractivity contribution in [1.29, 1.82) is 0 Å². The number of nitrogens with zero attached hydrogens (tertiary/aromatic N) is 1. The summed E-state index contributed by atoms with van der Waals surface area (Å²) < 4.78 is 0. The van der Waals surface area contributed by atoms with Crippen LogP contribution in [-0.4, -0.2) is 23.0 Å². The van der Waals surface area contributed by atoms with Crippen molar-refractivity contribution in [3.8, 4) is 11.8 Å². The summed E-state index contributed by atoms with van der Waals surface area (Å²) in [5.74, 6) is 5.12. The molecule has 0 bridgehead atoms. The minimum Gasteiger partial charge on any atom is -0.357 e. The molecule has 1 aromatic rings. The van der Waals surface area contributed by atoms with Crippen LogP contribution in [-0.2, 0) is 5.72 Å². The molecule has 3 nitrogen and oxygen atoms in total. The Hall–Kier alpha value is -1.79. The van der Waals surface area contributed by atoms with Crippen molar-refractivity contribution in [2.75, 3.05) is 7.05 Å². The summed E-state index contributed by atoms with van der Waals surface area (Å²) in [6.07, 6.45) is 0. The van der Waals surface area contributed by atoms with Gasteiger partial charge < -0.3 is 5.11 Å². The first kappa shape index (κ1) is 9.75. The minimum absolute atomic E-state index is 0.198.